The smallest absolute Gasteiger partial charge is 0.335 e. The van der Waals surface area contributed by atoms with Crippen LogP contribution in [0.5, 0.6) is 0 Å². The van der Waals surface area contributed by atoms with Crippen LogP contribution in [0.15, 0.2) is 58.1 Å². The van der Waals surface area contributed by atoms with Gasteiger partial charge >= 0.3 is 10.8 Å². The highest BCUT2D eigenvalue weighted by Crippen LogP contribution is 2.15. The Hall–Kier alpha value is -2.73. The molecular weight excluding hydrogens is 302 g/mol. The number of carboxylic acid groups (broad SMARTS) is 1. The summed E-state index contributed by atoms with van der Waals surface area (Å²) in [7, 11) is 0. The zero-order valence-corrected chi connectivity index (χ0v) is 12.2. The highest BCUT2D eigenvalue weighted by Gasteiger charge is 2.11. The second-order valence-electron chi connectivity index (χ2n) is 4.76. The maximum Gasteiger partial charge on any atom is 0.335 e. The number of nitrogens with zero attached hydrogens (tertiary/aromatic N) is 1. The average molecular weight is 313 g/mol. The van der Waals surface area contributed by atoms with Crippen molar-refractivity contribution in [2.45, 2.75) is 6.54 Å². The van der Waals surface area contributed by atoms with Gasteiger partial charge in [-0.3, -0.25) is 14.2 Å². The fourth-order valence-electron chi connectivity index (χ4n) is 2.20. The summed E-state index contributed by atoms with van der Waals surface area (Å²) < 4.78 is 1.62. The second-order valence-corrected chi connectivity index (χ2v) is 5.75. The third-order valence-electron chi connectivity index (χ3n) is 3.30. The van der Waals surface area contributed by atoms with E-state index < -0.39 is 11.5 Å². The number of fused-ring (bicyclic) bond motifs is 1. The zero-order chi connectivity index (χ0) is 15.7. The van der Waals surface area contributed by atoms with Crippen LogP contribution in [0.3, 0.4) is 0 Å². The SMILES string of the molecule is O=C(O)c1ccc2sc(=O)n(Cc3ccccc3)c(=O)c2c1. The molecule has 0 saturated carbocycles. The van der Waals surface area contributed by atoms with Crippen molar-refractivity contribution < 1.29 is 9.90 Å². The molecular formula is C16H11NO4S. The summed E-state index contributed by atoms with van der Waals surface area (Å²) in [5, 5.41) is 9.28. The van der Waals surface area contributed by atoms with Gasteiger partial charge in [0.25, 0.3) is 5.56 Å². The summed E-state index contributed by atoms with van der Waals surface area (Å²) in [5.74, 6) is -1.10. The molecule has 0 unspecified atom stereocenters. The van der Waals surface area contributed by atoms with Crippen LogP contribution in [0.1, 0.15) is 15.9 Å². The van der Waals surface area contributed by atoms with Crippen molar-refractivity contribution >= 4 is 27.4 Å². The Balaban J connectivity index is 2.20. The third kappa shape index (κ3) is 2.56. The molecule has 0 spiro atoms. The molecule has 22 heavy (non-hydrogen) atoms. The molecule has 0 aliphatic carbocycles. The minimum atomic E-state index is -1.10. The molecule has 3 rings (SSSR count). The van der Waals surface area contributed by atoms with E-state index in [1.807, 2.05) is 30.3 Å². The lowest BCUT2D eigenvalue weighted by atomic mass is 10.2. The van der Waals surface area contributed by atoms with Crippen molar-refractivity contribution in [3.8, 4) is 0 Å². The molecule has 0 radical (unpaired) electrons. The van der Waals surface area contributed by atoms with Crippen LogP contribution in [-0.2, 0) is 6.54 Å². The first-order chi connectivity index (χ1) is 10.6. The predicted octanol–water partition coefficient (Wildman–Crippen LogP) is 2.17. The summed E-state index contributed by atoms with van der Waals surface area (Å²) >= 11 is 0.937. The molecule has 2 aromatic carbocycles. The van der Waals surface area contributed by atoms with E-state index in [0.29, 0.717) is 4.70 Å². The van der Waals surface area contributed by atoms with E-state index in [0.717, 1.165) is 21.5 Å². The Bertz CT molecular complexity index is 973. The second kappa shape index (κ2) is 5.57. The molecule has 1 heterocycles. The molecule has 0 amide bonds. The lowest BCUT2D eigenvalue weighted by molar-refractivity contribution is 0.0697. The Labute approximate surface area is 128 Å². The number of hydrogen-bond donors (Lipinski definition) is 1. The van der Waals surface area contributed by atoms with Gasteiger partial charge in [-0.1, -0.05) is 41.7 Å². The number of aromatic carboxylic acids is 1. The first-order valence-electron chi connectivity index (χ1n) is 6.51. The molecule has 110 valence electrons. The largest absolute Gasteiger partial charge is 0.478 e. The van der Waals surface area contributed by atoms with Gasteiger partial charge in [0.05, 0.1) is 17.5 Å². The van der Waals surface area contributed by atoms with Crippen LogP contribution in [0.25, 0.3) is 10.1 Å². The highest BCUT2D eigenvalue weighted by molar-refractivity contribution is 7.16. The molecule has 3 aromatic rings. The minimum Gasteiger partial charge on any atom is -0.478 e. The van der Waals surface area contributed by atoms with E-state index in [-0.39, 0.29) is 22.4 Å². The van der Waals surface area contributed by atoms with Crippen LogP contribution in [0, 0.1) is 0 Å². The third-order valence-corrected chi connectivity index (χ3v) is 4.27. The van der Waals surface area contributed by atoms with E-state index in [2.05, 4.69) is 0 Å². The first-order valence-corrected chi connectivity index (χ1v) is 7.33. The highest BCUT2D eigenvalue weighted by atomic mass is 32.1. The van der Waals surface area contributed by atoms with Gasteiger partial charge in [0.2, 0.25) is 0 Å². The summed E-state index contributed by atoms with van der Waals surface area (Å²) in [4.78, 5) is 35.3. The van der Waals surface area contributed by atoms with Crippen LogP contribution >= 0.6 is 11.3 Å². The van der Waals surface area contributed by atoms with Crippen molar-refractivity contribution in [2.75, 3.05) is 0 Å². The maximum atomic E-state index is 12.5. The van der Waals surface area contributed by atoms with Crippen LogP contribution < -0.4 is 10.4 Å². The molecule has 0 fully saturated rings. The van der Waals surface area contributed by atoms with Gasteiger partial charge in [0, 0.05) is 4.70 Å². The number of benzene rings is 2. The number of carbonyl (C=O) groups is 1. The van der Waals surface area contributed by atoms with Gasteiger partial charge in [-0.05, 0) is 23.8 Å². The van der Waals surface area contributed by atoms with E-state index in [1.165, 1.54) is 18.2 Å². The number of carboxylic acids is 1. The lowest BCUT2D eigenvalue weighted by Gasteiger charge is -2.06. The zero-order valence-electron chi connectivity index (χ0n) is 11.4. The molecule has 0 atom stereocenters. The summed E-state index contributed by atoms with van der Waals surface area (Å²) in [6, 6.07) is 13.4. The molecule has 1 N–H and O–H groups in total. The number of rotatable bonds is 3. The van der Waals surface area contributed by atoms with Crippen molar-refractivity contribution in [1.29, 1.82) is 0 Å². The fraction of sp³-hybridized carbons (Fsp3) is 0.0625. The summed E-state index contributed by atoms with van der Waals surface area (Å²) in [6.07, 6.45) is 0. The van der Waals surface area contributed by atoms with E-state index in [9.17, 15) is 14.4 Å². The summed E-state index contributed by atoms with van der Waals surface area (Å²) in [6.45, 7) is 0.169. The Morgan fingerprint density at radius 3 is 2.50 bits per heavy atom. The van der Waals surface area contributed by atoms with Gasteiger partial charge in [-0.25, -0.2) is 4.79 Å². The predicted molar refractivity (Wildman–Crippen MR) is 84.9 cm³/mol. The topological polar surface area (TPSA) is 76.4 Å². The van der Waals surface area contributed by atoms with Crippen molar-refractivity contribution in [3.05, 3.63) is 79.7 Å². The van der Waals surface area contributed by atoms with E-state index in [4.69, 9.17) is 5.11 Å². The Morgan fingerprint density at radius 1 is 1.09 bits per heavy atom. The molecule has 0 saturated heterocycles. The average Bonchev–Trinajstić information content (AvgIpc) is 2.52. The van der Waals surface area contributed by atoms with E-state index in [1.54, 1.807) is 0 Å². The maximum absolute atomic E-state index is 12.5. The number of hydrogen-bond acceptors (Lipinski definition) is 4. The fourth-order valence-corrected chi connectivity index (χ4v) is 3.04. The van der Waals surface area contributed by atoms with Gasteiger partial charge in [0.1, 0.15) is 0 Å². The number of aromatic nitrogens is 1. The van der Waals surface area contributed by atoms with Gasteiger partial charge < -0.3 is 5.11 Å². The minimum absolute atomic E-state index is 0.0294. The molecule has 0 bridgehead atoms. The Kier molecular flexibility index (Phi) is 3.60. The monoisotopic (exact) mass is 313 g/mol. The van der Waals surface area contributed by atoms with Crippen LogP contribution in [0.4, 0.5) is 0 Å². The molecule has 0 aliphatic rings. The molecule has 5 nitrogen and oxygen atoms in total. The normalized spacial score (nSPS) is 10.7. The van der Waals surface area contributed by atoms with Crippen LogP contribution in [0.2, 0.25) is 0 Å². The van der Waals surface area contributed by atoms with Crippen LogP contribution in [-0.4, -0.2) is 15.6 Å². The summed E-state index contributed by atoms with van der Waals surface area (Å²) in [5.41, 5.74) is 0.398. The first kappa shape index (κ1) is 14.2. The Morgan fingerprint density at radius 2 is 1.82 bits per heavy atom. The van der Waals surface area contributed by atoms with Crippen molar-refractivity contribution in [3.63, 3.8) is 0 Å². The molecule has 0 aliphatic heterocycles. The van der Waals surface area contributed by atoms with Gasteiger partial charge in [0.15, 0.2) is 0 Å². The standard InChI is InChI=1S/C16H11NO4S/c18-14-12-8-11(15(19)20)6-7-13(12)22-16(21)17(14)9-10-4-2-1-3-5-10/h1-8H,9H2,(H,19,20). The molecule has 1 aromatic heterocycles. The van der Waals surface area contributed by atoms with Gasteiger partial charge in [-0.2, -0.15) is 0 Å². The molecule has 6 heteroatoms. The lowest BCUT2D eigenvalue weighted by Crippen LogP contribution is -2.31. The van der Waals surface area contributed by atoms with Crippen molar-refractivity contribution in [1.82, 2.24) is 4.57 Å². The van der Waals surface area contributed by atoms with Gasteiger partial charge in [-0.15, -0.1) is 0 Å². The van der Waals surface area contributed by atoms with Crippen molar-refractivity contribution in [2.24, 2.45) is 0 Å². The van der Waals surface area contributed by atoms with E-state index >= 15 is 0 Å². The quantitative estimate of drug-likeness (QED) is 0.804.